The Morgan fingerprint density at radius 3 is 2.72 bits per heavy atom. The van der Waals surface area contributed by atoms with Gasteiger partial charge in [0.05, 0.1) is 17.0 Å². The Balaban J connectivity index is 2.57. The van der Waals surface area contributed by atoms with E-state index in [1.54, 1.807) is 0 Å². The summed E-state index contributed by atoms with van der Waals surface area (Å²) in [6.45, 7) is 0. The summed E-state index contributed by atoms with van der Waals surface area (Å²) in [6, 6.07) is 4.32. The Bertz CT molecular complexity index is 640. The Morgan fingerprint density at radius 2 is 2.11 bits per heavy atom. The van der Waals surface area contributed by atoms with Gasteiger partial charge in [-0.1, -0.05) is 15.9 Å². The number of aliphatic carboxylic acids is 1. The Labute approximate surface area is 111 Å². The third-order valence-electron chi connectivity index (χ3n) is 2.53. The molecule has 0 fully saturated rings. The largest absolute Gasteiger partial charge is 0.481 e. The first-order valence-electron chi connectivity index (χ1n) is 4.88. The van der Waals surface area contributed by atoms with E-state index >= 15 is 0 Å². The zero-order valence-electron chi connectivity index (χ0n) is 8.88. The van der Waals surface area contributed by atoms with Crippen LogP contribution < -0.4 is 5.32 Å². The van der Waals surface area contributed by atoms with Crippen LogP contribution in [0.3, 0.4) is 0 Å². The molecule has 0 aromatic heterocycles. The van der Waals surface area contributed by atoms with Gasteiger partial charge in [-0.15, -0.1) is 0 Å². The first kappa shape index (κ1) is 13.0. The fourth-order valence-corrected chi connectivity index (χ4v) is 3.76. The third-order valence-corrected chi connectivity index (χ3v) is 5.13. The van der Waals surface area contributed by atoms with Crippen LogP contribution >= 0.6 is 15.9 Å². The van der Waals surface area contributed by atoms with Crippen molar-refractivity contribution in [2.75, 3.05) is 5.32 Å². The summed E-state index contributed by atoms with van der Waals surface area (Å²) in [7, 11) is -3.96. The minimum atomic E-state index is -3.96. The van der Waals surface area contributed by atoms with Gasteiger partial charge in [-0.3, -0.25) is 9.59 Å². The van der Waals surface area contributed by atoms with Crippen LogP contribution in [0.15, 0.2) is 27.6 Å². The lowest BCUT2D eigenvalue weighted by molar-refractivity contribution is -0.138. The Hall–Kier alpha value is -1.41. The molecular formula is C10H8BrNO5S. The second-order valence-corrected chi connectivity index (χ2v) is 6.78. The highest BCUT2D eigenvalue weighted by Gasteiger charge is 2.41. The summed E-state index contributed by atoms with van der Waals surface area (Å²) in [6.07, 6.45) is -0.746. The summed E-state index contributed by atoms with van der Waals surface area (Å²) < 4.78 is 24.9. The number of rotatable bonds is 2. The van der Waals surface area contributed by atoms with Crippen LogP contribution in [-0.4, -0.2) is 30.7 Å². The van der Waals surface area contributed by atoms with E-state index in [2.05, 4.69) is 21.2 Å². The van der Waals surface area contributed by atoms with Gasteiger partial charge >= 0.3 is 5.97 Å². The number of anilines is 1. The van der Waals surface area contributed by atoms with Crippen molar-refractivity contribution in [2.24, 2.45) is 0 Å². The van der Waals surface area contributed by atoms with Crippen molar-refractivity contribution in [2.45, 2.75) is 16.6 Å². The number of amides is 1. The summed E-state index contributed by atoms with van der Waals surface area (Å²) in [5.74, 6) is -2.15. The second-order valence-electron chi connectivity index (χ2n) is 3.76. The number of carbonyl (C=O) groups is 2. The van der Waals surface area contributed by atoms with Crippen molar-refractivity contribution in [1.82, 2.24) is 0 Å². The van der Waals surface area contributed by atoms with Crippen molar-refractivity contribution in [3.8, 4) is 0 Å². The van der Waals surface area contributed by atoms with Crippen molar-refractivity contribution in [3.63, 3.8) is 0 Å². The molecule has 0 radical (unpaired) electrons. The molecule has 0 spiro atoms. The van der Waals surface area contributed by atoms with Crippen LogP contribution in [0.4, 0.5) is 5.69 Å². The van der Waals surface area contributed by atoms with E-state index in [1.165, 1.54) is 18.2 Å². The molecule has 1 aromatic carbocycles. The fourth-order valence-electron chi connectivity index (χ4n) is 1.72. The molecule has 1 amide bonds. The molecule has 2 rings (SSSR count). The zero-order chi connectivity index (χ0) is 13.5. The normalized spacial score (nSPS) is 20.9. The molecule has 0 saturated heterocycles. The highest BCUT2D eigenvalue weighted by molar-refractivity contribution is 9.10. The number of fused-ring (bicyclic) bond motifs is 1. The molecule has 1 unspecified atom stereocenters. The zero-order valence-corrected chi connectivity index (χ0v) is 11.3. The van der Waals surface area contributed by atoms with Crippen molar-refractivity contribution < 1.29 is 23.1 Å². The minimum Gasteiger partial charge on any atom is -0.481 e. The van der Waals surface area contributed by atoms with Crippen LogP contribution in [0.2, 0.25) is 0 Å². The molecule has 0 aliphatic carbocycles. The molecule has 0 saturated carbocycles. The van der Waals surface area contributed by atoms with E-state index in [0.717, 1.165) is 0 Å². The number of hydrogen-bond donors (Lipinski definition) is 2. The average Bonchev–Trinajstić information content (AvgIpc) is 2.23. The Kier molecular flexibility index (Phi) is 3.16. The van der Waals surface area contributed by atoms with Gasteiger partial charge in [0.1, 0.15) is 0 Å². The van der Waals surface area contributed by atoms with Crippen LogP contribution in [-0.2, 0) is 19.4 Å². The van der Waals surface area contributed by atoms with Gasteiger partial charge in [0, 0.05) is 4.47 Å². The number of carbonyl (C=O) groups excluding carboxylic acids is 1. The number of halogens is 1. The van der Waals surface area contributed by atoms with Crippen LogP contribution in [0.25, 0.3) is 0 Å². The lowest BCUT2D eigenvalue weighted by atomic mass is 10.2. The summed E-state index contributed by atoms with van der Waals surface area (Å²) >= 11 is 3.16. The molecule has 18 heavy (non-hydrogen) atoms. The first-order chi connectivity index (χ1) is 8.32. The van der Waals surface area contributed by atoms with Crippen molar-refractivity contribution in [3.05, 3.63) is 22.7 Å². The van der Waals surface area contributed by atoms with E-state index in [0.29, 0.717) is 4.47 Å². The van der Waals surface area contributed by atoms with E-state index in [9.17, 15) is 18.0 Å². The summed E-state index contributed by atoms with van der Waals surface area (Å²) in [5.41, 5.74) is 0.163. The summed E-state index contributed by atoms with van der Waals surface area (Å²) in [4.78, 5) is 22.2. The van der Waals surface area contributed by atoms with Gasteiger partial charge in [0.15, 0.2) is 15.1 Å². The van der Waals surface area contributed by atoms with Gasteiger partial charge in [0.25, 0.3) is 0 Å². The molecule has 96 valence electrons. The van der Waals surface area contributed by atoms with Gasteiger partial charge in [0.2, 0.25) is 5.91 Å². The Morgan fingerprint density at radius 1 is 1.44 bits per heavy atom. The predicted molar refractivity (Wildman–Crippen MR) is 66.0 cm³/mol. The van der Waals surface area contributed by atoms with Gasteiger partial charge in [-0.05, 0) is 18.2 Å². The standard InChI is InChI=1S/C10H8BrNO5S/c11-5-1-2-7-6(3-5)12-10(15)8(4-9(13)14)18(7,16)17/h1-3,8H,4H2,(H,12,15)(H,13,14). The third kappa shape index (κ3) is 2.13. The maximum absolute atomic E-state index is 12.1. The number of benzene rings is 1. The molecular weight excluding hydrogens is 326 g/mol. The molecule has 2 N–H and O–H groups in total. The number of nitrogens with one attached hydrogen (secondary N) is 1. The number of carboxylic acid groups (broad SMARTS) is 1. The first-order valence-corrected chi connectivity index (χ1v) is 7.22. The number of sulfone groups is 1. The maximum Gasteiger partial charge on any atom is 0.305 e. The minimum absolute atomic E-state index is 0.0587. The molecule has 1 aliphatic rings. The fraction of sp³-hybridized carbons (Fsp3) is 0.200. The van der Waals surface area contributed by atoms with E-state index in [4.69, 9.17) is 5.11 Å². The molecule has 8 heteroatoms. The number of carboxylic acids is 1. The van der Waals surface area contributed by atoms with Crippen LogP contribution in [0.5, 0.6) is 0 Å². The van der Waals surface area contributed by atoms with E-state index in [1.807, 2.05) is 0 Å². The topological polar surface area (TPSA) is 101 Å². The highest BCUT2D eigenvalue weighted by Crippen LogP contribution is 2.33. The lowest BCUT2D eigenvalue weighted by Gasteiger charge is -2.23. The predicted octanol–water partition coefficient (Wildman–Crippen LogP) is 1.02. The molecule has 1 atom stereocenters. The van der Waals surface area contributed by atoms with Gasteiger partial charge < -0.3 is 10.4 Å². The average molecular weight is 334 g/mol. The van der Waals surface area contributed by atoms with Gasteiger partial charge in [-0.25, -0.2) is 8.42 Å². The quantitative estimate of drug-likeness (QED) is 0.841. The summed E-state index contributed by atoms with van der Waals surface area (Å²) in [5, 5.41) is 9.48. The highest BCUT2D eigenvalue weighted by atomic mass is 79.9. The smallest absolute Gasteiger partial charge is 0.305 e. The van der Waals surface area contributed by atoms with Crippen LogP contribution in [0, 0.1) is 0 Å². The van der Waals surface area contributed by atoms with E-state index < -0.39 is 33.4 Å². The van der Waals surface area contributed by atoms with Crippen molar-refractivity contribution >= 4 is 43.3 Å². The second kappa shape index (κ2) is 4.36. The molecule has 1 heterocycles. The van der Waals surface area contributed by atoms with Gasteiger partial charge in [-0.2, -0.15) is 0 Å². The van der Waals surface area contributed by atoms with Crippen LogP contribution in [0.1, 0.15) is 6.42 Å². The SMILES string of the molecule is O=C(O)CC1C(=O)Nc2cc(Br)ccc2S1(=O)=O. The van der Waals surface area contributed by atoms with E-state index in [-0.39, 0.29) is 10.6 Å². The molecule has 1 aromatic rings. The number of hydrogen-bond acceptors (Lipinski definition) is 4. The monoisotopic (exact) mass is 333 g/mol. The van der Waals surface area contributed by atoms with Crippen molar-refractivity contribution in [1.29, 1.82) is 0 Å². The lowest BCUT2D eigenvalue weighted by Crippen LogP contribution is -2.41. The molecule has 0 bridgehead atoms. The molecule has 1 aliphatic heterocycles. The maximum atomic E-state index is 12.1. The molecule has 6 nitrogen and oxygen atoms in total.